The molecule has 0 radical (unpaired) electrons. The first-order valence-electron chi connectivity index (χ1n) is 11.7. The Bertz CT molecular complexity index is 1670. The van der Waals surface area contributed by atoms with Crippen molar-refractivity contribution in [2.45, 2.75) is 0 Å². The first-order valence-corrected chi connectivity index (χ1v) is 11.7. The summed E-state index contributed by atoms with van der Waals surface area (Å²) in [6.45, 7) is 0. The number of nitrogens with zero attached hydrogens (tertiary/aromatic N) is 3. The molecule has 0 aliphatic rings. The molecule has 4 aromatic carbocycles. The van der Waals surface area contributed by atoms with Gasteiger partial charge in [0.1, 0.15) is 5.69 Å². The van der Waals surface area contributed by atoms with Gasteiger partial charge in [0.2, 0.25) is 0 Å². The van der Waals surface area contributed by atoms with E-state index in [1.165, 1.54) is 4.68 Å². The number of benzene rings is 4. The molecule has 0 unspecified atom stereocenters. The smallest absolute Gasteiger partial charge is 0.273 e. The number of hydrogen-bond donors (Lipinski definition) is 1. The predicted molar refractivity (Wildman–Crippen MR) is 144 cm³/mol. The highest BCUT2D eigenvalue weighted by atomic mass is 16.1. The molecule has 0 aliphatic heterocycles. The van der Waals surface area contributed by atoms with E-state index in [1.54, 1.807) is 6.07 Å². The highest BCUT2D eigenvalue weighted by Crippen LogP contribution is 2.40. The molecule has 0 saturated carbocycles. The van der Waals surface area contributed by atoms with Crippen LogP contribution in [-0.2, 0) is 0 Å². The molecule has 1 N–H and O–H groups in total. The first kappa shape index (κ1) is 21.5. The van der Waals surface area contributed by atoms with Crippen molar-refractivity contribution in [1.29, 1.82) is 0 Å². The Morgan fingerprint density at radius 3 is 1.56 bits per heavy atom. The second kappa shape index (κ2) is 9.31. The van der Waals surface area contributed by atoms with Crippen molar-refractivity contribution >= 4 is 0 Å². The standard InChI is InChI=1S/C31H22N4O/c36-27-21-26(22-13-5-1-6-14-22)34-35(27)31-29(24-17-9-3-10-18-24)28(23-15-7-2-8-16-23)30(32-33-31)25-19-11-4-12-20-25/h1-21,34H. The summed E-state index contributed by atoms with van der Waals surface area (Å²) in [5.41, 5.74) is 6.84. The van der Waals surface area contributed by atoms with Crippen LogP contribution in [0.5, 0.6) is 0 Å². The second-order valence-corrected chi connectivity index (χ2v) is 8.43. The summed E-state index contributed by atoms with van der Waals surface area (Å²) in [4.78, 5) is 13.3. The van der Waals surface area contributed by atoms with Crippen molar-refractivity contribution in [2.75, 3.05) is 0 Å². The maximum atomic E-state index is 13.3. The molecule has 5 heteroatoms. The number of aromatic nitrogens is 4. The third-order valence-electron chi connectivity index (χ3n) is 6.14. The number of nitrogens with one attached hydrogen (secondary N) is 1. The molecule has 172 valence electrons. The lowest BCUT2D eigenvalue weighted by Crippen LogP contribution is -2.17. The van der Waals surface area contributed by atoms with Gasteiger partial charge in [0, 0.05) is 22.8 Å². The lowest BCUT2D eigenvalue weighted by molar-refractivity contribution is 0.798. The van der Waals surface area contributed by atoms with Crippen LogP contribution in [0.15, 0.2) is 132 Å². The van der Waals surface area contributed by atoms with Crippen molar-refractivity contribution in [2.24, 2.45) is 0 Å². The second-order valence-electron chi connectivity index (χ2n) is 8.43. The van der Waals surface area contributed by atoms with Gasteiger partial charge in [-0.3, -0.25) is 9.89 Å². The molecular weight excluding hydrogens is 444 g/mol. The van der Waals surface area contributed by atoms with Crippen LogP contribution < -0.4 is 5.56 Å². The topological polar surface area (TPSA) is 63.6 Å². The lowest BCUT2D eigenvalue weighted by Gasteiger charge is -2.18. The minimum atomic E-state index is -0.202. The predicted octanol–water partition coefficient (Wildman–Crippen LogP) is 6.62. The van der Waals surface area contributed by atoms with E-state index in [4.69, 9.17) is 0 Å². The molecule has 0 atom stereocenters. The SMILES string of the molecule is O=c1cc(-c2ccccc2)[nH]n1-c1nnc(-c2ccccc2)c(-c2ccccc2)c1-c1ccccc1. The van der Waals surface area contributed by atoms with E-state index in [0.717, 1.165) is 44.8 Å². The van der Waals surface area contributed by atoms with E-state index < -0.39 is 0 Å². The Kier molecular flexibility index (Phi) is 5.56. The Labute approximate surface area is 208 Å². The molecule has 36 heavy (non-hydrogen) atoms. The summed E-state index contributed by atoms with van der Waals surface area (Å²) in [6.07, 6.45) is 0. The maximum Gasteiger partial charge on any atom is 0.273 e. The van der Waals surface area contributed by atoms with Crippen molar-refractivity contribution in [1.82, 2.24) is 20.0 Å². The highest BCUT2D eigenvalue weighted by Gasteiger charge is 2.23. The van der Waals surface area contributed by atoms with Crippen molar-refractivity contribution in [3.05, 3.63) is 138 Å². The van der Waals surface area contributed by atoms with Gasteiger partial charge in [-0.05, 0) is 16.7 Å². The molecule has 5 nitrogen and oxygen atoms in total. The van der Waals surface area contributed by atoms with E-state index in [2.05, 4.69) is 27.4 Å². The number of H-pyrrole nitrogens is 1. The van der Waals surface area contributed by atoms with Gasteiger partial charge in [0.15, 0.2) is 5.82 Å². The maximum absolute atomic E-state index is 13.3. The zero-order valence-electron chi connectivity index (χ0n) is 19.4. The normalized spacial score (nSPS) is 10.9. The Morgan fingerprint density at radius 2 is 1.00 bits per heavy atom. The summed E-state index contributed by atoms with van der Waals surface area (Å²) < 4.78 is 1.48. The van der Waals surface area contributed by atoms with E-state index >= 15 is 0 Å². The fourth-order valence-electron chi connectivity index (χ4n) is 4.47. The molecule has 6 rings (SSSR count). The molecule has 2 heterocycles. The van der Waals surface area contributed by atoms with E-state index in [1.807, 2.05) is 109 Å². The number of rotatable bonds is 5. The van der Waals surface area contributed by atoms with Crippen LogP contribution in [0.1, 0.15) is 0 Å². The lowest BCUT2D eigenvalue weighted by atomic mass is 9.91. The highest BCUT2D eigenvalue weighted by molar-refractivity contribution is 5.95. The molecular formula is C31H22N4O. The van der Waals surface area contributed by atoms with Gasteiger partial charge in [-0.25, -0.2) is 0 Å². The van der Waals surface area contributed by atoms with Gasteiger partial charge in [-0.2, -0.15) is 4.68 Å². The molecule has 2 aromatic heterocycles. The molecule has 0 bridgehead atoms. The van der Waals surface area contributed by atoms with Crippen LogP contribution in [-0.4, -0.2) is 20.0 Å². The van der Waals surface area contributed by atoms with Gasteiger partial charge in [-0.15, -0.1) is 10.2 Å². The van der Waals surface area contributed by atoms with E-state index in [-0.39, 0.29) is 5.56 Å². The average Bonchev–Trinajstić information content (AvgIpc) is 3.35. The molecule has 0 amide bonds. The zero-order valence-corrected chi connectivity index (χ0v) is 19.4. The zero-order chi connectivity index (χ0) is 24.3. The van der Waals surface area contributed by atoms with Crippen molar-refractivity contribution < 1.29 is 0 Å². The van der Waals surface area contributed by atoms with Gasteiger partial charge >= 0.3 is 0 Å². The average molecular weight is 467 g/mol. The van der Waals surface area contributed by atoms with E-state index in [0.29, 0.717) is 5.82 Å². The quantitative estimate of drug-likeness (QED) is 0.310. The number of aromatic amines is 1. The Balaban J connectivity index is 1.68. The minimum absolute atomic E-state index is 0.202. The summed E-state index contributed by atoms with van der Waals surface area (Å²) in [5, 5.41) is 12.6. The molecule has 0 fully saturated rings. The van der Waals surface area contributed by atoms with Crippen LogP contribution in [0.25, 0.3) is 50.6 Å². The fourth-order valence-corrected chi connectivity index (χ4v) is 4.47. The number of hydrogen-bond acceptors (Lipinski definition) is 3. The largest absolute Gasteiger partial charge is 0.289 e. The Hall–Kier alpha value is -5.03. The summed E-state index contributed by atoms with van der Waals surface area (Å²) in [5.74, 6) is 0.451. The van der Waals surface area contributed by atoms with Gasteiger partial charge < -0.3 is 0 Å². The van der Waals surface area contributed by atoms with Crippen molar-refractivity contribution in [3.8, 4) is 50.6 Å². The summed E-state index contributed by atoms with van der Waals surface area (Å²) >= 11 is 0. The molecule has 0 aliphatic carbocycles. The first-order chi connectivity index (χ1) is 17.8. The van der Waals surface area contributed by atoms with Crippen LogP contribution in [0.4, 0.5) is 0 Å². The summed E-state index contributed by atoms with van der Waals surface area (Å²) in [7, 11) is 0. The third kappa shape index (κ3) is 3.93. The van der Waals surface area contributed by atoms with Crippen molar-refractivity contribution in [3.63, 3.8) is 0 Å². The van der Waals surface area contributed by atoms with Gasteiger partial charge in [-0.1, -0.05) is 121 Å². The van der Waals surface area contributed by atoms with Crippen LogP contribution in [0.2, 0.25) is 0 Å². The molecule has 6 aromatic rings. The monoisotopic (exact) mass is 466 g/mol. The van der Waals surface area contributed by atoms with Gasteiger partial charge in [0.05, 0.1) is 5.69 Å². The van der Waals surface area contributed by atoms with E-state index in [9.17, 15) is 4.79 Å². The Morgan fingerprint density at radius 1 is 0.528 bits per heavy atom. The van der Waals surface area contributed by atoms with Crippen LogP contribution in [0.3, 0.4) is 0 Å². The summed E-state index contributed by atoms with van der Waals surface area (Å²) in [6, 6.07) is 41.5. The fraction of sp³-hybridized carbons (Fsp3) is 0. The van der Waals surface area contributed by atoms with Crippen LogP contribution in [0, 0.1) is 0 Å². The molecule has 0 saturated heterocycles. The van der Waals surface area contributed by atoms with Gasteiger partial charge in [0.25, 0.3) is 5.56 Å². The molecule has 0 spiro atoms. The minimum Gasteiger partial charge on any atom is -0.289 e. The third-order valence-corrected chi connectivity index (χ3v) is 6.14. The van der Waals surface area contributed by atoms with Crippen LogP contribution >= 0.6 is 0 Å².